The number of aromatic hydroxyl groups is 1. The lowest BCUT2D eigenvalue weighted by Gasteiger charge is -2.05. The fourth-order valence-corrected chi connectivity index (χ4v) is 1.20. The Bertz CT molecular complexity index is 530. The number of hydrogen-bond acceptors (Lipinski definition) is 6. The van der Waals surface area contributed by atoms with Crippen LogP contribution >= 0.6 is 0 Å². The average molecular weight is 280 g/mol. The number of rotatable bonds is 5. The van der Waals surface area contributed by atoms with Crippen LogP contribution in [0.1, 0.15) is 12.0 Å². The first-order valence-electron chi connectivity index (χ1n) is 5.51. The van der Waals surface area contributed by atoms with Gasteiger partial charge in [-0.1, -0.05) is 12.1 Å². The first-order chi connectivity index (χ1) is 9.38. The monoisotopic (exact) mass is 280 g/mol. The molecule has 0 aliphatic rings. The summed E-state index contributed by atoms with van der Waals surface area (Å²) >= 11 is 0. The topological polar surface area (TPSA) is 121 Å². The van der Waals surface area contributed by atoms with Crippen molar-refractivity contribution in [2.24, 2.45) is 0 Å². The molecule has 7 nitrogen and oxygen atoms in total. The summed E-state index contributed by atoms with van der Waals surface area (Å²) in [7, 11) is 0. The van der Waals surface area contributed by atoms with Crippen LogP contribution in [0.25, 0.3) is 6.08 Å². The van der Waals surface area contributed by atoms with Gasteiger partial charge >= 0.3 is 17.9 Å². The number of carboxylic acids is 1. The van der Waals surface area contributed by atoms with Crippen LogP contribution in [0.2, 0.25) is 0 Å². The number of esters is 2. The Morgan fingerprint density at radius 2 is 1.80 bits per heavy atom. The Morgan fingerprint density at radius 1 is 1.20 bits per heavy atom. The van der Waals surface area contributed by atoms with E-state index in [1.54, 1.807) is 0 Å². The van der Waals surface area contributed by atoms with Gasteiger partial charge in [-0.3, -0.25) is 4.79 Å². The molecule has 1 aromatic carbocycles. The van der Waals surface area contributed by atoms with Gasteiger partial charge in [0.25, 0.3) is 0 Å². The molecule has 0 saturated heterocycles. The van der Waals surface area contributed by atoms with Crippen molar-refractivity contribution in [2.45, 2.75) is 12.5 Å². The zero-order valence-corrected chi connectivity index (χ0v) is 10.2. The molecule has 0 aliphatic heterocycles. The number of carboxylic acid groups (broad SMARTS) is 1. The van der Waals surface area contributed by atoms with Crippen LogP contribution in [0.4, 0.5) is 0 Å². The van der Waals surface area contributed by atoms with Gasteiger partial charge in [-0.05, 0) is 23.8 Å². The van der Waals surface area contributed by atoms with Gasteiger partial charge in [0.2, 0.25) is 0 Å². The standard InChI is InChI=1S/C13H12O7/c14-9-4-1-8(2-5-9)3-6-12(18)20-13(19)10(15)7-11(16)17/h1-6,10,14-15H,7H2,(H,16,17)/b6-3+. The highest BCUT2D eigenvalue weighted by atomic mass is 16.6. The van der Waals surface area contributed by atoms with Crippen molar-refractivity contribution in [1.82, 2.24) is 0 Å². The predicted octanol–water partition coefficient (Wildman–Crippen LogP) is 0.311. The van der Waals surface area contributed by atoms with Gasteiger partial charge in [0.1, 0.15) is 5.75 Å². The number of benzene rings is 1. The molecule has 3 N–H and O–H groups in total. The minimum atomic E-state index is -1.89. The highest BCUT2D eigenvalue weighted by molar-refractivity contribution is 5.96. The molecule has 0 amide bonds. The molecule has 7 heteroatoms. The van der Waals surface area contributed by atoms with Crippen LogP contribution in [0.15, 0.2) is 30.3 Å². The summed E-state index contributed by atoms with van der Waals surface area (Å²) in [5.74, 6) is -3.68. The lowest BCUT2D eigenvalue weighted by Crippen LogP contribution is -2.27. The summed E-state index contributed by atoms with van der Waals surface area (Å²) in [5.41, 5.74) is 0.582. The molecule has 106 valence electrons. The Kier molecular flexibility index (Phi) is 5.42. The predicted molar refractivity (Wildman–Crippen MR) is 66.5 cm³/mol. The van der Waals surface area contributed by atoms with E-state index in [0.29, 0.717) is 5.56 Å². The van der Waals surface area contributed by atoms with Crippen molar-refractivity contribution in [3.8, 4) is 5.75 Å². The largest absolute Gasteiger partial charge is 0.508 e. The third-order valence-electron chi connectivity index (χ3n) is 2.15. The fourth-order valence-electron chi connectivity index (χ4n) is 1.20. The van der Waals surface area contributed by atoms with Crippen LogP contribution in [-0.2, 0) is 19.1 Å². The van der Waals surface area contributed by atoms with E-state index in [1.165, 1.54) is 30.3 Å². The molecule has 1 rings (SSSR count). The maximum absolute atomic E-state index is 11.2. The lowest BCUT2D eigenvalue weighted by atomic mass is 10.2. The number of aliphatic hydroxyl groups excluding tert-OH is 1. The van der Waals surface area contributed by atoms with Crippen LogP contribution in [-0.4, -0.2) is 39.3 Å². The molecule has 20 heavy (non-hydrogen) atoms. The molecule has 0 radical (unpaired) electrons. The fraction of sp³-hybridized carbons (Fsp3) is 0.154. The minimum Gasteiger partial charge on any atom is -0.508 e. The first kappa shape index (κ1) is 15.4. The van der Waals surface area contributed by atoms with Crippen LogP contribution < -0.4 is 0 Å². The Labute approximate surface area is 113 Å². The molecule has 0 aliphatic carbocycles. The second-order valence-corrected chi connectivity index (χ2v) is 3.78. The van der Waals surface area contributed by atoms with Crippen molar-refractivity contribution in [1.29, 1.82) is 0 Å². The summed E-state index contributed by atoms with van der Waals surface area (Å²) < 4.78 is 4.23. The van der Waals surface area contributed by atoms with Gasteiger partial charge < -0.3 is 20.1 Å². The normalized spacial score (nSPS) is 12.1. The number of hydrogen-bond donors (Lipinski definition) is 3. The van der Waals surface area contributed by atoms with E-state index in [1.807, 2.05) is 0 Å². The van der Waals surface area contributed by atoms with Crippen molar-refractivity contribution < 1.29 is 34.4 Å². The SMILES string of the molecule is O=C(O)CC(O)C(=O)OC(=O)/C=C/c1ccc(O)cc1. The molecule has 0 aromatic heterocycles. The van der Waals surface area contributed by atoms with E-state index in [0.717, 1.165) is 6.08 Å². The van der Waals surface area contributed by atoms with Crippen molar-refractivity contribution >= 4 is 24.0 Å². The zero-order chi connectivity index (χ0) is 15.1. The molecule has 0 heterocycles. The smallest absolute Gasteiger partial charge is 0.343 e. The summed E-state index contributed by atoms with van der Waals surface area (Å²) in [4.78, 5) is 32.6. The quantitative estimate of drug-likeness (QED) is 0.403. The van der Waals surface area contributed by atoms with E-state index in [-0.39, 0.29) is 5.75 Å². The molecule has 0 bridgehead atoms. The molecular formula is C13H12O7. The number of aliphatic carboxylic acids is 1. The summed E-state index contributed by atoms with van der Waals surface area (Å²) in [6.45, 7) is 0. The van der Waals surface area contributed by atoms with Gasteiger partial charge in [0, 0.05) is 6.08 Å². The Balaban J connectivity index is 2.53. The zero-order valence-electron chi connectivity index (χ0n) is 10.2. The van der Waals surface area contributed by atoms with Crippen molar-refractivity contribution in [3.63, 3.8) is 0 Å². The van der Waals surface area contributed by atoms with Crippen LogP contribution in [0, 0.1) is 0 Å². The maximum Gasteiger partial charge on any atom is 0.343 e. The average Bonchev–Trinajstić information content (AvgIpc) is 2.37. The van der Waals surface area contributed by atoms with E-state index in [2.05, 4.69) is 4.74 Å². The van der Waals surface area contributed by atoms with Crippen LogP contribution in [0.3, 0.4) is 0 Å². The third-order valence-corrected chi connectivity index (χ3v) is 2.15. The summed E-state index contributed by atoms with van der Waals surface area (Å²) in [5, 5.41) is 26.5. The maximum atomic E-state index is 11.2. The van der Waals surface area contributed by atoms with Gasteiger partial charge in [-0.25, -0.2) is 9.59 Å². The van der Waals surface area contributed by atoms with Gasteiger partial charge in [-0.2, -0.15) is 0 Å². The van der Waals surface area contributed by atoms with Crippen LogP contribution in [0.5, 0.6) is 5.75 Å². The first-order valence-corrected chi connectivity index (χ1v) is 5.51. The molecule has 0 saturated carbocycles. The van der Waals surface area contributed by atoms with Crippen molar-refractivity contribution in [2.75, 3.05) is 0 Å². The van der Waals surface area contributed by atoms with Gasteiger partial charge in [-0.15, -0.1) is 0 Å². The van der Waals surface area contributed by atoms with E-state index in [9.17, 15) is 14.4 Å². The number of aliphatic hydroxyl groups is 1. The molecule has 1 unspecified atom stereocenters. The Morgan fingerprint density at radius 3 is 2.35 bits per heavy atom. The molecule has 1 atom stereocenters. The van der Waals surface area contributed by atoms with Crippen molar-refractivity contribution in [3.05, 3.63) is 35.9 Å². The second kappa shape index (κ2) is 7.05. The molecule has 0 spiro atoms. The Hall–Kier alpha value is -2.67. The van der Waals surface area contributed by atoms with E-state index in [4.69, 9.17) is 15.3 Å². The highest BCUT2D eigenvalue weighted by Gasteiger charge is 2.21. The number of ether oxygens (including phenoxy) is 1. The summed E-state index contributed by atoms with van der Waals surface area (Å²) in [6, 6.07) is 5.87. The van der Waals surface area contributed by atoms with Gasteiger partial charge in [0.15, 0.2) is 6.10 Å². The van der Waals surface area contributed by atoms with E-state index < -0.39 is 30.4 Å². The minimum absolute atomic E-state index is 0.0664. The van der Waals surface area contributed by atoms with Gasteiger partial charge in [0.05, 0.1) is 6.42 Å². The second-order valence-electron chi connectivity index (χ2n) is 3.78. The summed E-state index contributed by atoms with van der Waals surface area (Å²) in [6.07, 6.45) is -0.456. The number of phenolic OH excluding ortho intramolecular Hbond substituents is 1. The highest BCUT2D eigenvalue weighted by Crippen LogP contribution is 2.10. The molecular weight excluding hydrogens is 268 g/mol. The third kappa shape index (κ3) is 5.32. The number of carbonyl (C=O) groups excluding carboxylic acids is 2. The number of carbonyl (C=O) groups is 3. The lowest BCUT2D eigenvalue weighted by molar-refractivity contribution is -0.165. The molecule has 0 fully saturated rings. The van der Waals surface area contributed by atoms with E-state index >= 15 is 0 Å². The number of phenols is 1. The molecule has 1 aromatic rings.